The van der Waals surface area contributed by atoms with Crippen molar-refractivity contribution in [1.29, 1.82) is 0 Å². The van der Waals surface area contributed by atoms with E-state index in [1.54, 1.807) is 132 Å². The Hall–Kier alpha value is -5.72. The molecule has 0 spiro atoms. The number of hydrogen-bond donors (Lipinski definition) is 0. The summed E-state index contributed by atoms with van der Waals surface area (Å²) in [5.74, 6) is 0. The third kappa shape index (κ3) is 18.6. The highest BCUT2D eigenvalue weighted by atomic mass is 14.3. The standard InChI is InChI=1S/C108H154/c1-17-33-49-79-83(53-37-21-5)91(61-45-29-13)103-71-95-75(67-99(103)87(79)57-41-25-9)65-76-68-100-88(58-42-26-10)80(50-34-18-2)84(54-38-22-6)92(62-46-30-14)104(100)72-96(76)107(95)108-97-73-105-93(63-47-31-15)85(55-39-23-7)81(51-35-19-3)89(59-43-27-11)101(105)69-77(97)66-78-70-102-90(60-44-28-12)82(52-36-20-4)86(56-40-24-8)94(64-48-32-16)106(102)74-98(78)108/h65-74H,17-64H2,1-16H3. The molecular weight excluding hydrogens is 1300 g/mol. The van der Waals surface area contributed by atoms with Crippen LogP contribution in [0.2, 0.25) is 0 Å². The molecule has 0 saturated heterocycles. The van der Waals surface area contributed by atoms with Crippen molar-refractivity contribution in [3.05, 3.63) is 150 Å². The lowest BCUT2D eigenvalue weighted by molar-refractivity contribution is 0.724. The minimum absolute atomic E-state index is 1.15. The summed E-state index contributed by atoms with van der Waals surface area (Å²) in [6.45, 7) is 39.1. The fourth-order valence-corrected chi connectivity index (χ4v) is 20.1. The summed E-state index contributed by atoms with van der Waals surface area (Å²) in [6.07, 6.45) is 58.2. The topological polar surface area (TPSA) is 0 Å². The molecule has 0 unspecified atom stereocenters. The molecule has 0 radical (unpaired) electrons. The molecule has 0 saturated carbocycles. The molecule has 0 aromatic heterocycles. The van der Waals surface area contributed by atoms with Crippen LogP contribution in [0.15, 0.2) is 60.7 Å². The number of unbranched alkanes of at least 4 members (excludes halogenated alkanes) is 16. The summed E-state index contributed by atoms with van der Waals surface area (Å²) in [7, 11) is 0. The molecule has 0 fully saturated rings. The van der Waals surface area contributed by atoms with Crippen LogP contribution >= 0.6 is 0 Å². The largest absolute Gasteiger partial charge is 0.0654 e. The third-order valence-electron chi connectivity index (χ3n) is 26.2. The van der Waals surface area contributed by atoms with Gasteiger partial charge in [0.05, 0.1) is 0 Å². The Morgan fingerprint density at radius 3 is 0.352 bits per heavy atom. The van der Waals surface area contributed by atoms with Crippen molar-refractivity contribution in [2.75, 3.05) is 0 Å². The van der Waals surface area contributed by atoms with Gasteiger partial charge in [-0.05, 0) is 452 Å². The Bertz CT molecular complexity index is 4010. The van der Waals surface area contributed by atoms with Crippen molar-refractivity contribution in [3.63, 3.8) is 0 Å². The van der Waals surface area contributed by atoms with E-state index in [-0.39, 0.29) is 0 Å². The van der Waals surface area contributed by atoms with E-state index in [4.69, 9.17) is 0 Å². The lowest BCUT2D eigenvalue weighted by Gasteiger charge is -2.27. The zero-order valence-corrected chi connectivity index (χ0v) is 72.7. The normalized spacial score (nSPS) is 12.2. The number of hydrogen-bond acceptors (Lipinski definition) is 0. The highest BCUT2D eigenvalue weighted by Crippen LogP contribution is 2.52. The molecule has 0 heterocycles. The van der Waals surface area contributed by atoms with Crippen LogP contribution in [0.1, 0.15) is 405 Å². The van der Waals surface area contributed by atoms with Gasteiger partial charge in [-0.15, -0.1) is 0 Å². The third-order valence-corrected chi connectivity index (χ3v) is 26.2. The van der Waals surface area contributed by atoms with Crippen molar-refractivity contribution in [1.82, 2.24) is 0 Å². The summed E-state index contributed by atoms with van der Waals surface area (Å²) < 4.78 is 0. The van der Waals surface area contributed by atoms with Crippen LogP contribution < -0.4 is 0 Å². The Balaban J connectivity index is 1.61. The van der Waals surface area contributed by atoms with Crippen LogP contribution in [-0.4, -0.2) is 0 Å². The lowest BCUT2D eigenvalue weighted by atomic mass is 9.77. The predicted molar refractivity (Wildman–Crippen MR) is 490 cm³/mol. The number of fused-ring (bicyclic) bond motifs is 8. The van der Waals surface area contributed by atoms with Crippen LogP contribution in [0, 0.1) is 0 Å². The van der Waals surface area contributed by atoms with Gasteiger partial charge in [-0.25, -0.2) is 0 Å². The molecule has 108 heavy (non-hydrogen) atoms. The Morgan fingerprint density at radius 2 is 0.231 bits per heavy atom. The van der Waals surface area contributed by atoms with Crippen molar-refractivity contribution >= 4 is 86.2 Å². The molecule has 0 atom stereocenters. The summed E-state index contributed by atoms with van der Waals surface area (Å²) in [4.78, 5) is 0. The molecule has 0 nitrogen and oxygen atoms in total. The molecule has 0 N–H and O–H groups in total. The summed E-state index contributed by atoms with van der Waals surface area (Å²) >= 11 is 0. The zero-order valence-electron chi connectivity index (χ0n) is 72.7. The molecule has 0 aliphatic rings. The predicted octanol–water partition coefficient (Wildman–Crippen LogP) is 34.1. The molecule has 10 aromatic carbocycles. The van der Waals surface area contributed by atoms with E-state index in [0.717, 1.165) is 51.4 Å². The number of benzene rings is 10. The minimum Gasteiger partial charge on any atom is -0.0654 e. The van der Waals surface area contributed by atoms with Crippen LogP contribution in [0.25, 0.3) is 97.3 Å². The quantitative estimate of drug-likeness (QED) is 0.0334. The summed E-state index contributed by atoms with van der Waals surface area (Å²) in [6, 6.07) is 28.6. The fourth-order valence-electron chi connectivity index (χ4n) is 20.1. The molecule has 586 valence electrons. The number of rotatable bonds is 49. The van der Waals surface area contributed by atoms with E-state index in [0.29, 0.717) is 0 Å². The second-order valence-corrected chi connectivity index (χ2v) is 34.3. The Kier molecular flexibility index (Phi) is 33.6. The van der Waals surface area contributed by atoms with Crippen molar-refractivity contribution in [2.24, 2.45) is 0 Å². The SMILES string of the molecule is CCCCc1c(CCCC)c(CCCC)c2cc3c(-c4c5cc6c(CCCC)c(CCCC)c(CCCC)c(CCCC)c6cc5cc5cc6c(CCCC)c(CCCC)c(CCCC)c(CCCC)c6cc45)c4cc5c(CCCC)c(CCCC)c(CCCC)c(CCCC)c5cc4cc3cc2c1CCCC. The van der Waals surface area contributed by atoms with Gasteiger partial charge in [0.25, 0.3) is 0 Å². The molecule has 10 rings (SSSR count). The van der Waals surface area contributed by atoms with Crippen molar-refractivity contribution in [2.45, 2.75) is 419 Å². The van der Waals surface area contributed by atoms with E-state index < -0.39 is 0 Å². The Morgan fingerprint density at radius 1 is 0.120 bits per heavy atom. The maximum absolute atomic E-state index is 2.91. The first-order chi connectivity index (χ1) is 53.0. The molecule has 10 aromatic rings. The summed E-state index contributed by atoms with van der Waals surface area (Å²) in [5, 5.41) is 24.3. The molecule has 0 amide bonds. The van der Waals surface area contributed by atoms with E-state index in [1.807, 2.05) is 0 Å². The molecular formula is C108H154. The van der Waals surface area contributed by atoms with Gasteiger partial charge < -0.3 is 0 Å². The van der Waals surface area contributed by atoms with E-state index in [2.05, 4.69) is 171 Å². The average Bonchev–Trinajstić information content (AvgIpc) is 0.701. The minimum atomic E-state index is 1.15. The maximum atomic E-state index is 2.91. The van der Waals surface area contributed by atoms with E-state index >= 15 is 0 Å². The molecule has 0 bridgehead atoms. The van der Waals surface area contributed by atoms with Gasteiger partial charge in [0.1, 0.15) is 0 Å². The van der Waals surface area contributed by atoms with Crippen LogP contribution in [-0.2, 0) is 103 Å². The van der Waals surface area contributed by atoms with Gasteiger partial charge in [-0.1, -0.05) is 214 Å². The van der Waals surface area contributed by atoms with Gasteiger partial charge in [-0.2, -0.15) is 0 Å². The van der Waals surface area contributed by atoms with Crippen LogP contribution in [0.3, 0.4) is 0 Å². The van der Waals surface area contributed by atoms with Gasteiger partial charge in [0.15, 0.2) is 0 Å². The first kappa shape index (κ1) is 84.7. The second kappa shape index (κ2) is 42.8. The molecule has 0 aliphatic heterocycles. The monoisotopic (exact) mass is 1450 g/mol. The molecule has 0 heteroatoms. The first-order valence-corrected chi connectivity index (χ1v) is 47.0. The van der Waals surface area contributed by atoms with Crippen LogP contribution in [0.5, 0.6) is 0 Å². The van der Waals surface area contributed by atoms with Gasteiger partial charge >= 0.3 is 0 Å². The highest BCUT2D eigenvalue weighted by Gasteiger charge is 2.29. The zero-order chi connectivity index (χ0) is 76.6. The molecule has 0 aliphatic carbocycles. The lowest BCUT2D eigenvalue weighted by Crippen LogP contribution is -2.09. The van der Waals surface area contributed by atoms with Gasteiger partial charge in [0.2, 0.25) is 0 Å². The van der Waals surface area contributed by atoms with Crippen molar-refractivity contribution in [3.8, 4) is 11.1 Å². The summed E-state index contributed by atoms with van der Waals surface area (Å²) in [5.41, 5.74) is 30.5. The number of aryl methyl sites for hydroxylation is 8. The van der Waals surface area contributed by atoms with Gasteiger partial charge in [0, 0.05) is 0 Å². The van der Waals surface area contributed by atoms with Crippen LogP contribution in [0.4, 0.5) is 0 Å². The first-order valence-electron chi connectivity index (χ1n) is 47.0. The fraction of sp³-hybridized carbons (Fsp3) is 0.593. The highest BCUT2D eigenvalue weighted by molar-refractivity contribution is 6.28. The van der Waals surface area contributed by atoms with Crippen molar-refractivity contribution < 1.29 is 0 Å². The van der Waals surface area contributed by atoms with Gasteiger partial charge in [-0.3, -0.25) is 0 Å². The van der Waals surface area contributed by atoms with E-state index in [1.165, 1.54) is 311 Å². The smallest absolute Gasteiger partial charge is 0.00139 e. The van der Waals surface area contributed by atoms with E-state index in [9.17, 15) is 0 Å². The average molecular weight is 1450 g/mol. The Labute approximate surface area is 661 Å². The second-order valence-electron chi connectivity index (χ2n) is 34.3. The maximum Gasteiger partial charge on any atom is -0.00139 e.